The summed E-state index contributed by atoms with van der Waals surface area (Å²) in [6.07, 6.45) is 0. The van der Waals surface area contributed by atoms with E-state index in [9.17, 15) is 0 Å². The molecule has 0 atom stereocenters. The van der Waals surface area contributed by atoms with Gasteiger partial charge in [0.05, 0.1) is 0 Å². The molecule has 0 N–H and O–H groups in total. The molecule has 38 valence electrons. The minimum absolute atomic E-state index is 0. The second-order valence-electron chi connectivity index (χ2n) is 0. The molecule has 4 heavy (non-hydrogen) atoms. The van der Waals surface area contributed by atoms with Crippen LogP contribution in [0, 0.1) is 0 Å². The Bertz CT molecular complexity index is 6.00. The third kappa shape index (κ3) is 9.03. The van der Waals surface area contributed by atoms with Crippen LogP contribution in [0.2, 0.25) is 0 Å². The quantitative estimate of drug-likeness (QED) is 0.531. The summed E-state index contributed by atoms with van der Waals surface area (Å²) < 4.78 is 0. The molecule has 0 aromatic heterocycles. The third-order valence-corrected chi connectivity index (χ3v) is 0. The van der Waals surface area contributed by atoms with Crippen LogP contribution < -0.4 is 0 Å². The monoisotopic (exact) mass is 238 g/mol. The first-order chi connectivity index (χ1) is 0. The molecule has 0 rings (SSSR count). The molecule has 0 amide bonds. The molecule has 0 aliphatic carbocycles. The Kier molecular flexibility index (Phi) is 193. The Morgan fingerprint density at radius 2 is 0.750 bits per heavy atom. The maximum Gasteiger partial charge on any atom is 0 e. The van der Waals surface area contributed by atoms with E-state index in [-0.39, 0.29) is 66.4 Å². The van der Waals surface area contributed by atoms with E-state index in [0.717, 1.165) is 0 Å². The van der Waals surface area contributed by atoms with Crippen LogP contribution in [0.1, 0.15) is 0 Å². The minimum Gasteiger partial charge on any atom is -0.197 e. The second kappa shape index (κ2) is 20.2. The zero-order valence-electron chi connectivity index (χ0n) is 1.60. The molecule has 0 saturated carbocycles. The molecule has 0 aromatic carbocycles. The van der Waals surface area contributed by atoms with Gasteiger partial charge >= 0.3 is 0 Å². The molecule has 0 fully saturated rings. The van der Waals surface area contributed by atoms with Crippen LogP contribution in [0.25, 0.3) is 0 Å². The standard InChI is InChI=1S/Ag.Cu.2H2S/h;;2*1H2. The molecule has 0 heterocycles. The summed E-state index contributed by atoms with van der Waals surface area (Å²) in [5, 5.41) is 0. The average molecular weight is 240 g/mol. The average Bonchev–Trinajstić information content (AvgIpc) is 0. The van der Waals surface area contributed by atoms with Crippen molar-refractivity contribution in [3.8, 4) is 0 Å². The molecule has 0 aliphatic rings. The molecular formula is H4AgCuS2. The van der Waals surface area contributed by atoms with Crippen LogP contribution in [0.5, 0.6) is 0 Å². The van der Waals surface area contributed by atoms with Gasteiger partial charge in [-0.15, -0.1) is 0 Å². The van der Waals surface area contributed by atoms with E-state index < -0.39 is 0 Å². The van der Waals surface area contributed by atoms with Crippen LogP contribution in [0.15, 0.2) is 0 Å². The van der Waals surface area contributed by atoms with Crippen molar-refractivity contribution < 1.29 is 39.4 Å². The van der Waals surface area contributed by atoms with E-state index in [2.05, 4.69) is 0 Å². The number of hydrogen-bond acceptors (Lipinski definition) is 0. The van der Waals surface area contributed by atoms with Gasteiger partial charge in [0.25, 0.3) is 0 Å². The van der Waals surface area contributed by atoms with Crippen molar-refractivity contribution in [1.29, 1.82) is 0 Å². The van der Waals surface area contributed by atoms with Gasteiger partial charge in [-0.1, -0.05) is 0 Å². The molecule has 0 nitrogen and oxygen atoms in total. The Morgan fingerprint density at radius 1 is 0.750 bits per heavy atom. The fourth-order valence-corrected chi connectivity index (χ4v) is 0. The molecule has 4 heteroatoms. The summed E-state index contributed by atoms with van der Waals surface area (Å²) in [5.41, 5.74) is 0. The Morgan fingerprint density at radius 3 is 0.750 bits per heavy atom. The first kappa shape index (κ1) is 38.2. The van der Waals surface area contributed by atoms with Crippen molar-refractivity contribution in [3.05, 3.63) is 0 Å². The normalized spacial score (nSPS) is 0. The smallest absolute Gasteiger partial charge is 0 e. The summed E-state index contributed by atoms with van der Waals surface area (Å²) in [5.74, 6) is 0. The van der Waals surface area contributed by atoms with Crippen LogP contribution in [0.4, 0.5) is 0 Å². The van der Waals surface area contributed by atoms with Crippen molar-refractivity contribution in [2.75, 3.05) is 0 Å². The maximum absolute atomic E-state index is 0. The van der Waals surface area contributed by atoms with Crippen molar-refractivity contribution in [2.24, 2.45) is 0 Å². The van der Waals surface area contributed by atoms with Crippen molar-refractivity contribution in [3.63, 3.8) is 0 Å². The van der Waals surface area contributed by atoms with E-state index in [4.69, 9.17) is 0 Å². The maximum atomic E-state index is 0. The van der Waals surface area contributed by atoms with E-state index in [1.807, 2.05) is 0 Å². The summed E-state index contributed by atoms with van der Waals surface area (Å²) in [6.45, 7) is 0. The second-order valence-corrected chi connectivity index (χ2v) is 0. The molecule has 0 aliphatic heterocycles. The first-order valence-electron chi connectivity index (χ1n) is 0. The molecule has 0 aromatic rings. The SMILES string of the molecule is S.S.[Ag].[Cu]. The van der Waals surface area contributed by atoms with Crippen LogP contribution in [0.3, 0.4) is 0 Å². The molecular weight excluding hydrogens is 236 g/mol. The van der Waals surface area contributed by atoms with E-state index in [1.165, 1.54) is 0 Å². The van der Waals surface area contributed by atoms with Crippen LogP contribution >= 0.6 is 27.0 Å². The fourth-order valence-electron chi connectivity index (χ4n) is 0. The van der Waals surface area contributed by atoms with Crippen LogP contribution in [-0.4, -0.2) is 0 Å². The van der Waals surface area contributed by atoms with Crippen LogP contribution in [-0.2, 0) is 39.4 Å². The minimum atomic E-state index is 0. The molecule has 0 spiro atoms. The van der Waals surface area contributed by atoms with Gasteiger partial charge in [0.1, 0.15) is 0 Å². The summed E-state index contributed by atoms with van der Waals surface area (Å²) in [4.78, 5) is 0. The zero-order chi connectivity index (χ0) is 0. The molecule has 0 saturated heterocycles. The predicted octanol–water partition coefficient (Wildman–Crippen LogP) is 0.221. The van der Waals surface area contributed by atoms with E-state index in [1.54, 1.807) is 0 Å². The molecule has 0 bridgehead atoms. The molecule has 0 unspecified atom stereocenters. The van der Waals surface area contributed by atoms with Gasteiger partial charge in [0.15, 0.2) is 0 Å². The van der Waals surface area contributed by atoms with Crippen molar-refractivity contribution >= 4 is 27.0 Å². The van der Waals surface area contributed by atoms with Crippen molar-refractivity contribution in [1.82, 2.24) is 0 Å². The van der Waals surface area contributed by atoms with Gasteiger partial charge < -0.3 is 0 Å². The Hall–Kier alpha value is 1.96. The van der Waals surface area contributed by atoms with Gasteiger partial charge in [0.2, 0.25) is 0 Å². The van der Waals surface area contributed by atoms with Gasteiger partial charge in [-0.25, -0.2) is 0 Å². The van der Waals surface area contributed by atoms with Crippen molar-refractivity contribution in [2.45, 2.75) is 0 Å². The summed E-state index contributed by atoms with van der Waals surface area (Å²) >= 11 is 0. The first-order valence-corrected chi connectivity index (χ1v) is 0. The summed E-state index contributed by atoms with van der Waals surface area (Å²) in [7, 11) is 0. The zero-order valence-corrected chi connectivity index (χ0v) is 6.03. The Balaban J connectivity index is 0. The van der Waals surface area contributed by atoms with Gasteiger partial charge in [0, 0.05) is 39.4 Å². The van der Waals surface area contributed by atoms with Gasteiger partial charge in [-0.3, -0.25) is 0 Å². The molecule has 2 radical (unpaired) electrons. The Labute approximate surface area is 66.0 Å². The summed E-state index contributed by atoms with van der Waals surface area (Å²) in [6, 6.07) is 0. The van der Waals surface area contributed by atoms with E-state index in [0.29, 0.717) is 0 Å². The topological polar surface area (TPSA) is 0 Å². The number of rotatable bonds is 0. The van der Waals surface area contributed by atoms with Gasteiger partial charge in [-0.05, 0) is 0 Å². The fraction of sp³-hybridized carbons (Fsp3) is 0. The van der Waals surface area contributed by atoms with Gasteiger partial charge in [-0.2, -0.15) is 27.0 Å². The number of hydrogen-bond donors (Lipinski definition) is 0. The van der Waals surface area contributed by atoms with E-state index >= 15 is 0 Å². The predicted molar refractivity (Wildman–Crippen MR) is 20.8 cm³/mol. The largest absolute Gasteiger partial charge is 0.197 e. The third-order valence-electron chi connectivity index (χ3n) is 0.